The van der Waals surface area contributed by atoms with Gasteiger partial charge >= 0.3 is 0 Å². The summed E-state index contributed by atoms with van der Waals surface area (Å²) in [7, 11) is 0. The number of hydrogen-bond acceptors (Lipinski definition) is 5. The van der Waals surface area contributed by atoms with E-state index < -0.39 is 0 Å². The number of nitrogens with two attached hydrogens (primary N) is 1. The van der Waals surface area contributed by atoms with Crippen molar-refractivity contribution in [3.8, 4) is 10.6 Å². The minimum absolute atomic E-state index is 0.522. The largest absolute Gasteiger partial charge is 0.374 e. The lowest BCUT2D eigenvalue weighted by atomic mass is 9.89. The fraction of sp³-hybridized carbons (Fsp3) is 0.353. The van der Waals surface area contributed by atoms with E-state index in [1.54, 1.807) is 0 Å². The molecule has 1 aliphatic rings. The molecule has 3 aromatic rings. The Morgan fingerprint density at radius 3 is 2.68 bits per heavy atom. The summed E-state index contributed by atoms with van der Waals surface area (Å²) in [6.45, 7) is 4.26. The van der Waals surface area contributed by atoms with Gasteiger partial charge in [-0.3, -0.25) is 4.98 Å². The molecule has 0 atom stereocenters. The van der Waals surface area contributed by atoms with E-state index in [0.29, 0.717) is 5.13 Å². The molecule has 0 saturated heterocycles. The van der Waals surface area contributed by atoms with Crippen LogP contribution in [0.25, 0.3) is 21.5 Å². The number of nitrogen functional groups attached to an aromatic ring is 1. The molecule has 2 N–H and O–H groups in total. The second-order valence-corrected chi connectivity index (χ2v) is 7.05. The summed E-state index contributed by atoms with van der Waals surface area (Å²) >= 11 is 1.47. The Bertz CT molecular complexity index is 882. The van der Waals surface area contributed by atoms with Gasteiger partial charge in [-0.1, -0.05) is 23.0 Å². The number of rotatable bonds is 1. The second-order valence-electron chi connectivity index (χ2n) is 6.04. The van der Waals surface area contributed by atoms with Crippen molar-refractivity contribution in [1.29, 1.82) is 0 Å². The third-order valence-corrected chi connectivity index (χ3v) is 5.13. The molecule has 4 nitrogen and oxygen atoms in total. The summed E-state index contributed by atoms with van der Waals surface area (Å²) in [4.78, 5) is 4.97. The quantitative estimate of drug-likeness (QED) is 0.742. The molecule has 2 heterocycles. The smallest absolute Gasteiger partial charge is 0.203 e. The van der Waals surface area contributed by atoms with E-state index >= 15 is 0 Å². The van der Waals surface area contributed by atoms with Crippen LogP contribution in [0.5, 0.6) is 0 Å². The molecule has 112 valence electrons. The highest BCUT2D eigenvalue weighted by atomic mass is 32.1. The fourth-order valence-electron chi connectivity index (χ4n) is 3.46. The van der Waals surface area contributed by atoms with Gasteiger partial charge in [0.2, 0.25) is 5.13 Å². The topological polar surface area (TPSA) is 64.7 Å². The first-order valence-corrected chi connectivity index (χ1v) is 8.47. The lowest BCUT2D eigenvalue weighted by Gasteiger charge is -2.20. The predicted molar refractivity (Wildman–Crippen MR) is 91.2 cm³/mol. The van der Waals surface area contributed by atoms with Crippen LogP contribution in [0.3, 0.4) is 0 Å². The van der Waals surface area contributed by atoms with Gasteiger partial charge in [-0.05, 0) is 56.7 Å². The normalized spacial score (nSPS) is 14.3. The van der Waals surface area contributed by atoms with Gasteiger partial charge in [0.05, 0.1) is 5.52 Å². The van der Waals surface area contributed by atoms with Gasteiger partial charge in [0.15, 0.2) is 5.01 Å². The van der Waals surface area contributed by atoms with Gasteiger partial charge in [0.1, 0.15) is 0 Å². The molecule has 22 heavy (non-hydrogen) atoms. The van der Waals surface area contributed by atoms with Crippen molar-refractivity contribution >= 4 is 27.4 Å². The highest BCUT2D eigenvalue weighted by Gasteiger charge is 2.22. The van der Waals surface area contributed by atoms with Crippen molar-refractivity contribution in [2.45, 2.75) is 39.5 Å². The Kier molecular flexibility index (Phi) is 3.11. The zero-order valence-electron chi connectivity index (χ0n) is 12.8. The number of anilines is 1. The molecule has 0 unspecified atom stereocenters. The van der Waals surface area contributed by atoms with Gasteiger partial charge in [-0.2, -0.15) is 0 Å². The number of benzene rings is 1. The number of aryl methyl sites for hydroxylation is 3. The van der Waals surface area contributed by atoms with Crippen LogP contribution < -0.4 is 5.73 Å². The molecule has 0 fully saturated rings. The third-order valence-electron chi connectivity index (χ3n) is 4.36. The highest BCUT2D eigenvalue weighted by molar-refractivity contribution is 7.18. The van der Waals surface area contributed by atoms with E-state index in [9.17, 15) is 0 Å². The van der Waals surface area contributed by atoms with Crippen molar-refractivity contribution in [2.75, 3.05) is 5.73 Å². The molecule has 0 radical (unpaired) electrons. The molecule has 0 saturated carbocycles. The lowest BCUT2D eigenvalue weighted by molar-refractivity contribution is 0.672. The monoisotopic (exact) mass is 310 g/mol. The number of hydrogen-bond donors (Lipinski definition) is 1. The van der Waals surface area contributed by atoms with Gasteiger partial charge in [0, 0.05) is 16.6 Å². The Balaban J connectivity index is 2.14. The maximum Gasteiger partial charge on any atom is 0.203 e. The van der Waals surface area contributed by atoms with Crippen molar-refractivity contribution in [1.82, 2.24) is 15.2 Å². The molecule has 5 heteroatoms. The van der Waals surface area contributed by atoms with E-state index in [1.165, 1.54) is 57.5 Å². The van der Waals surface area contributed by atoms with Crippen molar-refractivity contribution in [3.63, 3.8) is 0 Å². The zero-order chi connectivity index (χ0) is 15.3. The van der Waals surface area contributed by atoms with Gasteiger partial charge in [0.25, 0.3) is 0 Å². The van der Waals surface area contributed by atoms with Crippen LogP contribution in [0.4, 0.5) is 5.13 Å². The van der Waals surface area contributed by atoms with Crippen LogP contribution in [0, 0.1) is 13.8 Å². The maximum absolute atomic E-state index is 5.83. The second kappa shape index (κ2) is 5.02. The average molecular weight is 310 g/mol. The van der Waals surface area contributed by atoms with Crippen LogP contribution >= 0.6 is 11.3 Å². The minimum Gasteiger partial charge on any atom is -0.374 e. The summed E-state index contributed by atoms with van der Waals surface area (Å²) in [5.74, 6) is 0. The Morgan fingerprint density at radius 1 is 1.09 bits per heavy atom. The van der Waals surface area contributed by atoms with E-state index in [-0.39, 0.29) is 0 Å². The van der Waals surface area contributed by atoms with E-state index in [4.69, 9.17) is 10.7 Å². The van der Waals surface area contributed by atoms with Gasteiger partial charge < -0.3 is 5.73 Å². The fourth-order valence-corrected chi connectivity index (χ4v) is 4.16. The van der Waals surface area contributed by atoms with Crippen molar-refractivity contribution < 1.29 is 0 Å². The average Bonchev–Trinajstić information content (AvgIpc) is 2.91. The molecular formula is C17H18N4S. The number of aromatic nitrogens is 3. The first-order chi connectivity index (χ1) is 10.6. The molecule has 1 aromatic carbocycles. The zero-order valence-corrected chi connectivity index (χ0v) is 13.6. The van der Waals surface area contributed by atoms with Crippen molar-refractivity contribution in [3.05, 3.63) is 34.5 Å². The SMILES string of the molecule is Cc1cc(C)c2nc3c(c(-c4nnc(N)s4)c2c1)CCCC3. The summed E-state index contributed by atoms with van der Waals surface area (Å²) in [6, 6.07) is 4.42. The summed E-state index contributed by atoms with van der Waals surface area (Å²) in [5.41, 5.74) is 13.2. The summed E-state index contributed by atoms with van der Waals surface area (Å²) in [6.07, 6.45) is 4.56. The van der Waals surface area contributed by atoms with E-state index in [2.05, 4.69) is 36.2 Å². The van der Waals surface area contributed by atoms with E-state index in [0.717, 1.165) is 23.4 Å². The first-order valence-electron chi connectivity index (χ1n) is 7.65. The predicted octanol–water partition coefficient (Wildman–Crippen LogP) is 3.83. The molecule has 0 bridgehead atoms. The van der Waals surface area contributed by atoms with Crippen LogP contribution in [-0.4, -0.2) is 15.2 Å². The van der Waals surface area contributed by atoms with Gasteiger partial charge in [-0.25, -0.2) is 0 Å². The molecule has 4 rings (SSSR count). The van der Waals surface area contributed by atoms with Crippen LogP contribution in [0.1, 0.15) is 35.2 Å². The molecule has 0 spiro atoms. The standard InChI is InChI=1S/C17H18N4S/c1-9-7-10(2)15-12(8-9)14(16-20-21-17(18)22-16)11-5-3-4-6-13(11)19-15/h7-8H,3-6H2,1-2H3,(H2,18,21). The number of nitrogens with zero attached hydrogens (tertiary/aromatic N) is 3. The van der Waals surface area contributed by atoms with Gasteiger partial charge in [-0.15, -0.1) is 10.2 Å². The van der Waals surface area contributed by atoms with Crippen LogP contribution in [0.15, 0.2) is 12.1 Å². The number of pyridine rings is 1. The summed E-state index contributed by atoms with van der Waals surface area (Å²) < 4.78 is 0. The molecular weight excluding hydrogens is 292 g/mol. The molecule has 1 aliphatic carbocycles. The van der Waals surface area contributed by atoms with Crippen molar-refractivity contribution in [2.24, 2.45) is 0 Å². The van der Waals surface area contributed by atoms with E-state index in [1.807, 2.05) is 0 Å². The Hall–Kier alpha value is -2.01. The minimum atomic E-state index is 0.522. The van der Waals surface area contributed by atoms with Crippen LogP contribution in [0.2, 0.25) is 0 Å². The maximum atomic E-state index is 5.83. The first kappa shape index (κ1) is 13.6. The summed E-state index contributed by atoms with van der Waals surface area (Å²) in [5, 5.41) is 11.0. The Morgan fingerprint density at radius 2 is 1.91 bits per heavy atom. The van der Waals surface area contributed by atoms with Crippen LogP contribution in [-0.2, 0) is 12.8 Å². The molecule has 0 amide bonds. The molecule has 0 aliphatic heterocycles. The third kappa shape index (κ3) is 2.08. The molecule has 2 aromatic heterocycles. The highest BCUT2D eigenvalue weighted by Crippen LogP contribution is 2.39. The Labute approximate surface area is 133 Å². The lowest BCUT2D eigenvalue weighted by Crippen LogP contribution is -2.08. The number of fused-ring (bicyclic) bond motifs is 2.